The van der Waals surface area contributed by atoms with Crippen LogP contribution in [0.25, 0.3) is 0 Å². The molecule has 0 fully saturated rings. The maximum atomic E-state index is 4.41. The van der Waals surface area contributed by atoms with Crippen LogP contribution in [0.5, 0.6) is 0 Å². The van der Waals surface area contributed by atoms with Crippen LogP contribution in [0.15, 0.2) is 6.07 Å². The Morgan fingerprint density at radius 1 is 1.40 bits per heavy atom. The van der Waals surface area contributed by atoms with Gasteiger partial charge in [-0.05, 0) is 19.1 Å². The maximum absolute atomic E-state index is 4.41. The van der Waals surface area contributed by atoms with Crippen LogP contribution in [-0.4, -0.2) is 22.8 Å². The first-order valence-electron chi connectivity index (χ1n) is 5.36. The molecule has 1 aromatic rings. The summed E-state index contributed by atoms with van der Waals surface area (Å²) in [7, 11) is 1.88. The average molecular weight is 225 g/mol. The molecule has 1 rings (SSSR count). The second kappa shape index (κ2) is 6.67. The van der Waals surface area contributed by atoms with Crippen LogP contribution in [-0.2, 0) is 5.75 Å². The van der Waals surface area contributed by atoms with Crippen LogP contribution in [0.4, 0.5) is 5.82 Å². The zero-order valence-electron chi connectivity index (χ0n) is 9.71. The molecule has 0 saturated heterocycles. The molecule has 0 unspecified atom stereocenters. The van der Waals surface area contributed by atoms with E-state index in [-0.39, 0.29) is 0 Å². The Bertz CT molecular complexity index is 302. The molecule has 0 bridgehead atoms. The van der Waals surface area contributed by atoms with Crippen LogP contribution in [0, 0.1) is 6.92 Å². The first-order chi connectivity index (χ1) is 7.26. The molecule has 0 spiro atoms. The van der Waals surface area contributed by atoms with Gasteiger partial charge in [0.05, 0.1) is 5.75 Å². The van der Waals surface area contributed by atoms with Crippen molar-refractivity contribution >= 4 is 17.6 Å². The van der Waals surface area contributed by atoms with Gasteiger partial charge in [0, 0.05) is 18.8 Å². The molecule has 0 atom stereocenters. The molecule has 1 aromatic heterocycles. The number of aryl methyl sites for hydroxylation is 1. The SMILES string of the molecule is CCCCSCc1nc(C)cc(NC)n1. The van der Waals surface area contributed by atoms with E-state index in [1.165, 1.54) is 18.6 Å². The van der Waals surface area contributed by atoms with E-state index in [0.717, 1.165) is 23.1 Å². The monoisotopic (exact) mass is 225 g/mol. The van der Waals surface area contributed by atoms with Crippen LogP contribution >= 0.6 is 11.8 Å². The molecule has 0 aliphatic rings. The van der Waals surface area contributed by atoms with E-state index >= 15 is 0 Å². The molecule has 0 amide bonds. The lowest BCUT2D eigenvalue weighted by molar-refractivity contribution is 0.894. The predicted molar refractivity (Wildman–Crippen MR) is 67.4 cm³/mol. The number of nitrogens with zero attached hydrogens (tertiary/aromatic N) is 2. The highest BCUT2D eigenvalue weighted by Gasteiger charge is 2.00. The molecule has 0 aromatic carbocycles. The van der Waals surface area contributed by atoms with E-state index in [9.17, 15) is 0 Å². The summed E-state index contributed by atoms with van der Waals surface area (Å²) in [6.45, 7) is 4.21. The molecule has 1 heterocycles. The first kappa shape index (κ1) is 12.3. The zero-order valence-corrected chi connectivity index (χ0v) is 10.5. The van der Waals surface area contributed by atoms with Gasteiger partial charge in [-0.15, -0.1) is 0 Å². The van der Waals surface area contributed by atoms with Gasteiger partial charge in [0.1, 0.15) is 11.6 Å². The molecule has 4 heteroatoms. The van der Waals surface area contributed by atoms with Gasteiger partial charge in [-0.3, -0.25) is 0 Å². The summed E-state index contributed by atoms with van der Waals surface area (Å²) in [4.78, 5) is 8.81. The smallest absolute Gasteiger partial charge is 0.140 e. The topological polar surface area (TPSA) is 37.8 Å². The number of hydrogen-bond donors (Lipinski definition) is 1. The quantitative estimate of drug-likeness (QED) is 0.755. The van der Waals surface area contributed by atoms with Crippen molar-refractivity contribution in [1.82, 2.24) is 9.97 Å². The molecule has 0 aliphatic carbocycles. The Morgan fingerprint density at radius 2 is 2.20 bits per heavy atom. The average Bonchev–Trinajstić information content (AvgIpc) is 2.23. The molecule has 0 aliphatic heterocycles. The first-order valence-corrected chi connectivity index (χ1v) is 6.51. The maximum Gasteiger partial charge on any atom is 0.140 e. The highest BCUT2D eigenvalue weighted by molar-refractivity contribution is 7.98. The van der Waals surface area contributed by atoms with E-state index < -0.39 is 0 Å². The number of nitrogens with one attached hydrogen (secondary N) is 1. The molecular weight excluding hydrogens is 206 g/mol. The number of aromatic nitrogens is 2. The van der Waals surface area contributed by atoms with E-state index in [1.807, 2.05) is 31.8 Å². The summed E-state index contributed by atoms with van der Waals surface area (Å²) in [6.07, 6.45) is 2.53. The fourth-order valence-electron chi connectivity index (χ4n) is 1.23. The summed E-state index contributed by atoms with van der Waals surface area (Å²) < 4.78 is 0. The standard InChI is InChI=1S/C11H19N3S/c1-4-5-6-15-8-11-13-9(2)7-10(12-3)14-11/h7H,4-6,8H2,1-3H3,(H,12,13,14). The summed E-state index contributed by atoms with van der Waals surface area (Å²) in [5, 5.41) is 3.05. The normalized spacial score (nSPS) is 10.3. The molecule has 3 nitrogen and oxygen atoms in total. The fraction of sp³-hybridized carbons (Fsp3) is 0.636. The summed E-state index contributed by atoms with van der Waals surface area (Å²) >= 11 is 1.91. The van der Waals surface area contributed by atoms with E-state index in [1.54, 1.807) is 0 Å². The van der Waals surface area contributed by atoms with Gasteiger partial charge in [-0.2, -0.15) is 11.8 Å². The molecule has 1 N–H and O–H groups in total. The highest BCUT2D eigenvalue weighted by Crippen LogP contribution is 2.13. The fourth-order valence-corrected chi connectivity index (χ4v) is 2.18. The molecule has 0 radical (unpaired) electrons. The van der Waals surface area contributed by atoms with E-state index in [2.05, 4.69) is 22.2 Å². The van der Waals surface area contributed by atoms with Crippen LogP contribution in [0.2, 0.25) is 0 Å². The van der Waals surface area contributed by atoms with Crippen molar-refractivity contribution in [3.05, 3.63) is 17.6 Å². The third-order valence-electron chi connectivity index (χ3n) is 2.03. The van der Waals surface area contributed by atoms with Gasteiger partial charge in [-0.1, -0.05) is 13.3 Å². The minimum Gasteiger partial charge on any atom is -0.373 e. The lowest BCUT2D eigenvalue weighted by Gasteiger charge is -2.04. The number of thioether (sulfide) groups is 1. The zero-order chi connectivity index (χ0) is 11.1. The number of unbranched alkanes of at least 4 members (excludes halogenated alkanes) is 1. The lowest BCUT2D eigenvalue weighted by Crippen LogP contribution is -2.00. The molecule has 84 valence electrons. The van der Waals surface area contributed by atoms with Gasteiger partial charge in [0.25, 0.3) is 0 Å². The van der Waals surface area contributed by atoms with Crippen molar-refractivity contribution < 1.29 is 0 Å². The Hall–Kier alpha value is -0.770. The lowest BCUT2D eigenvalue weighted by atomic mass is 10.4. The minimum atomic E-state index is 0.911. The minimum absolute atomic E-state index is 0.911. The van der Waals surface area contributed by atoms with Crippen molar-refractivity contribution in [2.45, 2.75) is 32.4 Å². The number of anilines is 1. The van der Waals surface area contributed by atoms with Gasteiger partial charge in [-0.25, -0.2) is 9.97 Å². The number of hydrogen-bond acceptors (Lipinski definition) is 4. The summed E-state index contributed by atoms with van der Waals surface area (Å²) in [5.41, 5.74) is 1.03. The van der Waals surface area contributed by atoms with Gasteiger partial charge in [0.15, 0.2) is 0 Å². The summed E-state index contributed by atoms with van der Waals surface area (Å²) in [6, 6.07) is 1.96. The van der Waals surface area contributed by atoms with Gasteiger partial charge < -0.3 is 5.32 Å². The van der Waals surface area contributed by atoms with Crippen molar-refractivity contribution in [2.24, 2.45) is 0 Å². The van der Waals surface area contributed by atoms with Crippen molar-refractivity contribution in [2.75, 3.05) is 18.1 Å². The van der Waals surface area contributed by atoms with Crippen LogP contribution in [0.3, 0.4) is 0 Å². The molecule has 0 saturated carbocycles. The predicted octanol–water partition coefficient (Wildman–Crippen LogP) is 2.86. The van der Waals surface area contributed by atoms with Crippen LogP contribution < -0.4 is 5.32 Å². The van der Waals surface area contributed by atoms with Crippen molar-refractivity contribution in [1.29, 1.82) is 0 Å². The summed E-state index contributed by atoms with van der Waals surface area (Å²) in [5.74, 6) is 3.95. The van der Waals surface area contributed by atoms with E-state index in [4.69, 9.17) is 0 Å². The second-order valence-corrected chi connectivity index (χ2v) is 4.57. The molecular formula is C11H19N3S. The van der Waals surface area contributed by atoms with Crippen molar-refractivity contribution in [3.63, 3.8) is 0 Å². The third kappa shape index (κ3) is 4.51. The van der Waals surface area contributed by atoms with Crippen LogP contribution in [0.1, 0.15) is 31.3 Å². The Morgan fingerprint density at radius 3 is 2.87 bits per heavy atom. The molecule has 15 heavy (non-hydrogen) atoms. The largest absolute Gasteiger partial charge is 0.373 e. The third-order valence-corrected chi connectivity index (χ3v) is 3.07. The van der Waals surface area contributed by atoms with Crippen molar-refractivity contribution in [3.8, 4) is 0 Å². The Labute approximate surface area is 96.1 Å². The van der Waals surface area contributed by atoms with E-state index in [0.29, 0.717) is 0 Å². The Balaban J connectivity index is 2.49. The number of rotatable bonds is 6. The highest BCUT2D eigenvalue weighted by atomic mass is 32.2. The van der Waals surface area contributed by atoms with Gasteiger partial charge in [0.2, 0.25) is 0 Å². The van der Waals surface area contributed by atoms with Gasteiger partial charge >= 0.3 is 0 Å². The second-order valence-electron chi connectivity index (χ2n) is 3.47. The Kier molecular flexibility index (Phi) is 5.47.